The van der Waals surface area contributed by atoms with Crippen LogP contribution < -0.4 is 16.0 Å². The second kappa shape index (κ2) is 39.7. The number of rotatable bonds is 42. The Kier molecular flexibility index (Phi) is 32.5. The van der Waals surface area contributed by atoms with Crippen molar-refractivity contribution in [1.29, 1.82) is 0 Å². The molecule has 23 nitrogen and oxygen atoms in total. The van der Waals surface area contributed by atoms with Crippen LogP contribution in [0, 0.1) is 17.8 Å². The van der Waals surface area contributed by atoms with E-state index in [0.717, 1.165) is 16.7 Å². The van der Waals surface area contributed by atoms with E-state index >= 15 is 0 Å². The van der Waals surface area contributed by atoms with Crippen molar-refractivity contribution in [3.63, 3.8) is 0 Å². The van der Waals surface area contributed by atoms with Crippen LogP contribution in [0.5, 0.6) is 0 Å². The predicted molar refractivity (Wildman–Crippen MR) is 363 cm³/mol. The van der Waals surface area contributed by atoms with Gasteiger partial charge in [0.05, 0.1) is 122 Å². The molecule has 9 atom stereocenters. The van der Waals surface area contributed by atoms with Crippen LogP contribution in [-0.4, -0.2) is 231 Å². The van der Waals surface area contributed by atoms with E-state index in [-0.39, 0.29) is 74.6 Å². The van der Waals surface area contributed by atoms with Crippen LogP contribution in [-0.2, 0) is 82.6 Å². The lowest BCUT2D eigenvalue weighted by Crippen LogP contribution is -2.62. The van der Waals surface area contributed by atoms with Crippen LogP contribution in [0.25, 0.3) is 11.1 Å². The van der Waals surface area contributed by atoms with Crippen molar-refractivity contribution in [2.75, 3.05) is 127 Å². The number of nitrogens with zero attached hydrogens (tertiary/aromatic N) is 3. The zero-order valence-corrected chi connectivity index (χ0v) is 59.0. The summed E-state index contributed by atoms with van der Waals surface area (Å²) in [4.78, 5) is 102. The lowest BCUT2D eigenvalue weighted by atomic mass is 9.89. The van der Waals surface area contributed by atoms with Gasteiger partial charge in [0.2, 0.25) is 29.5 Å². The molecule has 0 aromatic heterocycles. The maximum atomic E-state index is 14.8. The van der Waals surface area contributed by atoms with Crippen molar-refractivity contribution in [3.8, 4) is 11.1 Å². The van der Waals surface area contributed by atoms with E-state index in [4.69, 9.17) is 47.4 Å². The van der Waals surface area contributed by atoms with Crippen LogP contribution >= 0.6 is 0 Å². The van der Waals surface area contributed by atoms with Gasteiger partial charge in [-0.15, -0.1) is 0 Å². The fourth-order valence-electron chi connectivity index (χ4n) is 13.0. The molecule has 3 aliphatic rings. The van der Waals surface area contributed by atoms with Gasteiger partial charge in [-0.1, -0.05) is 120 Å². The summed E-state index contributed by atoms with van der Waals surface area (Å²) in [5.74, 6) is -3.41. The molecule has 3 aromatic rings. The van der Waals surface area contributed by atoms with E-state index in [2.05, 4.69) is 40.2 Å². The molecule has 96 heavy (non-hydrogen) atoms. The maximum Gasteiger partial charge on any atom is 0.407 e. The number of amides is 6. The monoisotopic (exact) mass is 1340 g/mol. The third kappa shape index (κ3) is 23.0. The summed E-state index contributed by atoms with van der Waals surface area (Å²) in [6, 6.07) is 22.9. The number of fused-ring (bicyclic) bond motifs is 3. The van der Waals surface area contributed by atoms with Crippen LogP contribution in [0.4, 0.5) is 4.79 Å². The second-order valence-corrected chi connectivity index (χ2v) is 26.7. The summed E-state index contributed by atoms with van der Waals surface area (Å²) in [7, 11) is 4.73. The third-order valence-corrected chi connectivity index (χ3v) is 18.4. The first kappa shape index (κ1) is 78.4. The number of likely N-dealkylation sites (tertiary alicyclic amines) is 2. The molecule has 534 valence electrons. The number of hydrogen-bond donors (Lipinski definition) is 3. The zero-order valence-electron chi connectivity index (χ0n) is 59.0. The number of esters is 1. The number of alkyl carbamates (subject to hydrolysis) is 1. The van der Waals surface area contributed by atoms with Gasteiger partial charge in [0.15, 0.2) is 0 Å². The molecule has 3 aromatic carbocycles. The fraction of sp³-hybridized carbons (Fsp3) is 0.658. The number of methoxy groups -OCH3 is 2. The molecule has 2 fully saturated rings. The quantitative estimate of drug-likeness (QED) is 0.0366. The highest BCUT2D eigenvalue weighted by atomic mass is 16.6. The van der Waals surface area contributed by atoms with E-state index < -0.39 is 77.3 Å². The van der Waals surface area contributed by atoms with Crippen molar-refractivity contribution in [1.82, 2.24) is 30.7 Å². The number of benzene rings is 3. The second-order valence-electron chi connectivity index (χ2n) is 26.7. The molecule has 6 amide bonds. The van der Waals surface area contributed by atoms with E-state index in [1.807, 2.05) is 82.3 Å². The molecule has 6 rings (SSSR count). The summed E-state index contributed by atoms with van der Waals surface area (Å²) >= 11 is 0. The molecule has 0 unspecified atom stereocenters. The van der Waals surface area contributed by atoms with Crippen molar-refractivity contribution in [2.24, 2.45) is 17.8 Å². The van der Waals surface area contributed by atoms with Gasteiger partial charge >= 0.3 is 12.1 Å². The SMILES string of the molecule is CC[C@H](C)[C@@H]([C@@H](CC(=O)N1CCC[C@H]1[C@H](OC)[C@@H](C)C(=O)N[C@@H](Cc1ccccc1)C(=O)OC(C)(C)C)OC)N(C)C(=O)[C@@H](NC(=O)[C@]1(C)CCCN1C(=O)CCOCCOCCOCCOCCOCCOCCNC(=O)OCC1c2ccccc2-c2ccccc21)C(C)C. The average molecular weight is 1340 g/mol. The first-order chi connectivity index (χ1) is 46.0. The van der Waals surface area contributed by atoms with Gasteiger partial charge in [0.25, 0.3) is 0 Å². The van der Waals surface area contributed by atoms with Gasteiger partial charge in [-0.25, -0.2) is 9.59 Å². The molecule has 3 N–H and O–H groups in total. The van der Waals surface area contributed by atoms with E-state index in [1.54, 1.807) is 56.4 Å². The van der Waals surface area contributed by atoms with Gasteiger partial charge in [-0.05, 0) is 93.0 Å². The van der Waals surface area contributed by atoms with Crippen LogP contribution in [0.1, 0.15) is 130 Å². The number of likely N-dealkylation sites (N-methyl/N-ethyl adjacent to an activating group) is 1. The number of carbonyl (C=O) groups is 7. The minimum Gasteiger partial charge on any atom is -0.458 e. The smallest absolute Gasteiger partial charge is 0.407 e. The topological polar surface area (TPSA) is 258 Å². The highest BCUT2D eigenvalue weighted by molar-refractivity contribution is 5.95. The van der Waals surface area contributed by atoms with Gasteiger partial charge in [-0.3, -0.25) is 24.0 Å². The summed E-state index contributed by atoms with van der Waals surface area (Å²) in [5, 5.41) is 8.73. The lowest BCUT2D eigenvalue weighted by molar-refractivity contribution is -0.159. The van der Waals surface area contributed by atoms with Crippen molar-refractivity contribution < 1.29 is 80.9 Å². The Balaban J connectivity index is 0.839. The Labute approximate surface area is 569 Å². The van der Waals surface area contributed by atoms with E-state index in [0.29, 0.717) is 118 Å². The van der Waals surface area contributed by atoms with Crippen LogP contribution in [0.3, 0.4) is 0 Å². The number of ether oxygens (including phenoxy) is 10. The van der Waals surface area contributed by atoms with E-state index in [9.17, 15) is 33.6 Å². The third-order valence-electron chi connectivity index (χ3n) is 18.4. The Morgan fingerprint density at radius 1 is 0.677 bits per heavy atom. The Hall–Kier alpha value is -6.57. The molecule has 0 saturated carbocycles. The molecule has 2 heterocycles. The summed E-state index contributed by atoms with van der Waals surface area (Å²) in [5.41, 5.74) is 3.56. The minimum absolute atomic E-state index is 0.00340. The van der Waals surface area contributed by atoms with Crippen LogP contribution in [0.2, 0.25) is 0 Å². The largest absolute Gasteiger partial charge is 0.458 e. The zero-order chi connectivity index (χ0) is 69.8. The van der Waals surface area contributed by atoms with E-state index in [1.165, 1.54) is 25.3 Å². The molecule has 0 spiro atoms. The normalized spacial score (nSPS) is 18.4. The maximum absolute atomic E-state index is 14.8. The molecule has 0 bridgehead atoms. The Morgan fingerprint density at radius 3 is 1.77 bits per heavy atom. The van der Waals surface area contributed by atoms with Crippen molar-refractivity contribution in [3.05, 3.63) is 95.6 Å². The Morgan fingerprint density at radius 2 is 1.23 bits per heavy atom. The Bertz CT molecular complexity index is 2870. The number of nitrogens with one attached hydrogen (secondary N) is 3. The van der Waals surface area contributed by atoms with Crippen molar-refractivity contribution in [2.45, 2.75) is 167 Å². The summed E-state index contributed by atoms with van der Waals surface area (Å²) in [6.07, 6.45) is 1.23. The average Bonchev–Trinajstić information content (AvgIpc) is 1.61. The number of hydrogen-bond acceptors (Lipinski definition) is 17. The summed E-state index contributed by atoms with van der Waals surface area (Å²) in [6.45, 7) is 22.0. The first-order valence-corrected chi connectivity index (χ1v) is 34.4. The van der Waals surface area contributed by atoms with Crippen molar-refractivity contribution >= 4 is 41.6 Å². The van der Waals surface area contributed by atoms with Gasteiger partial charge in [-0.2, -0.15) is 0 Å². The molecular weight excluding hydrogens is 1230 g/mol. The molecule has 2 saturated heterocycles. The molecule has 23 heteroatoms. The molecule has 0 radical (unpaired) electrons. The highest BCUT2D eigenvalue weighted by Crippen LogP contribution is 2.44. The summed E-state index contributed by atoms with van der Waals surface area (Å²) < 4.78 is 57.2. The lowest BCUT2D eigenvalue weighted by Gasteiger charge is -2.41. The van der Waals surface area contributed by atoms with Gasteiger partial charge in [0.1, 0.15) is 29.8 Å². The first-order valence-electron chi connectivity index (χ1n) is 34.4. The number of carbonyl (C=O) groups excluding carboxylic acids is 7. The fourth-order valence-corrected chi connectivity index (χ4v) is 13.0. The molecule has 2 aliphatic heterocycles. The molecular formula is C73H110N6O17. The van der Waals surface area contributed by atoms with Gasteiger partial charge in [0, 0.05) is 53.2 Å². The highest BCUT2D eigenvalue weighted by Gasteiger charge is 2.48. The van der Waals surface area contributed by atoms with Crippen LogP contribution in [0.15, 0.2) is 78.9 Å². The molecule has 1 aliphatic carbocycles. The minimum atomic E-state index is -1.20. The predicted octanol–water partition coefficient (Wildman–Crippen LogP) is 7.53. The standard InChI is InChI=1S/C73H110N6O17/c1-13-51(4)65(61(87-11)48-63(81)78-33-21-29-60(78)66(88-12)52(5)67(82)75-59(69(84)96-72(6,7)8)47-53-23-15-14-16-24-53)77(10)68(83)64(50(2)3)76-70(85)73(9)31-22-34-79(73)62(80)30-35-89-37-39-91-41-43-93-45-46-94-44-42-92-40-38-90-36-32-74-71(86)95-49-58-56-27-19-17-25-54(56)55-26-18-20-28-57(55)58/h14-20,23-28,50-52,58-61,64-66H,13,21-22,29-49H2,1-12H3,(H,74,86)(H,75,82)(H,76,85)/t51-,52+,59-,60-,61+,64-,65-,66+,73-/m0/s1. The van der Waals surface area contributed by atoms with Gasteiger partial charge < -0.3 is 78.0 Å².